The normalized spacial score (nSPS) is 22.0. The molecule has 2 aliphatic heterocycles. The van der Waals surface area contributed by atoms with Gasteiger partial charge in [0, 0.05) is 30.1 Å². The molecule has 0 radical (unpaired) electrons. The molecule has 0 bridgehead atoms. The predicted molar refractivity (Wildman–Crippen MR) is 95.7 cm³/mol. The Morgan fingerprint density at radius 1 is 1.12 bits per heavy atom. The van der Waals surface area contributed by atoms with Gasteiger partial charge in [-0.1, -0.05) is 30.3 Å². The zero-order valence-corrected chi connectivity index (χ0v) is 14.1. The number of H-pyrrole nitrogens is 1. The molecule has 2 aliphatic rings. The van der Waals surface area contributed by atoms with Crippen molar-refractivity contribution >= 4 is 22.8 Å². The third kappa shape index (κ3) is 1.87. The number of para-hydroxylation sites is 1. The van der Waals surface area contributed by atoms with Crippen LogP contribution in [0.5, 0.6) is 5.75 Å². The number of phenolic OH excluding ortho intramolecular Hbond substituents is 1. The Hall–Kier alpha value is -3.28. The fourth-order valence-corrected chi connectivity index (χ4v) is 4.25. The number of imide groups is 1. The molecular weight excluding hydrogens is 330 g/mol. The molecule has 0 unspecified atom stereocenters. The number of amides is 3. The fraction of sp³-hybridized carbons (Fsp3) is 0.200. The second kappa shape index (κ2) is 5.11. The van der Waals surface area contributed by atoms with Crippen molar-refractivity contribution in [3.05, 3.63) is 65.4 Å². The third-order valence-electron chi connectivity index (χ3n) is 5.44. The fourth-order valence-electron chi connectivity index (χ4n) is 4.25. The van der Waals surface area contributed by atoms with E-state index in [1.807, 2.05) is 30.3 Å². The number of aromatic amines is 1. The molecule has 0 saturated carbocycles. The average molecular weight is 347 g/mol. The highest BCUT2D eigenvalue weighted by molar-refractivity contribution is 6.05. The Balaban J connectivity index is 1.79. The number of nitrogens with zero attached hydrogens (tertiary/aromatic N) is 2. The summed E-state index contributed by atoms with van der Waals surface area (Å²) in [4.78, 5) is 31.7. The van der Waals surface area contributed by atoms with Gasteiger partial charge >= 0.3 is 6.03 Å². The van der Waals surface area contributed by atoms with Crippen LogP contribution in [-0.2, 0) is 11.2 Å². The van der Waals surface area contributed by atoms with Gasteiger partial charge in [0.1, 0.15) is 17.8 Å². The molecule has 130 valence electrons. The summed E-state index contributed by atoms with van der Waals surface area (Å²) in [5.74, 6) is -0.0512. The first-order chi connectivity index (χ1) is 12.6. The first-order valence-electron chi connectivity index (χ1n) is 8.54. The molecule has 1 aromatic heterocycles. The quantitative estimate of drug-likeness (QED) is 0.665. The summed E-state index contributed by atoms with van der Waals surface area (Å²) in [5.41, 5.74) is 3.73. The van der Waals surface area contributed by atoms with E-state index in [4.69, 9.17) is 0 Å². The molecule has 2 aromatic carbocycles. The first kappa shape index (κ1) is 15.0. The lowest BCUT2D eigenvalue weighted by Gasteiger charge is -2.36. The van der Waals surface area contributed by atoms with Crippen molar-refractivity contribution in [2.75, 3.05) is 7.05 Å². The van der Waals surface area contributed by atoms with Gasteiger partial charge < -0.3 is 10.1 Å². The molecular formula is C20H17N3O3. The molecule has 5 rings (SSSR count). The molecule has 6 heteroatoms. The number of likely N-dealkylation sites (N-methyl/N-ethyl adjacent to an activating group) is 1. The highest BCUT2D eigenvalue weighted by Gasteiger charge is 2.51. The summed E-state index contributed by atoms with van der Waals surface area (Å²) in [6.45, 7) is 0. The standard InChI is InChI=1S/C20H17N3O3/c1-22-19(25)16-10-14-13-7-2-3-8-15(13)21-17(14)18(23(16)20(22)26)11-5-4-6-12(24)9-11/h2-9,16,18,21,24H,10H2,1H3/t16-,18-/m0/s1. The maximum Gasteiger partial charge on any atom is 0.328 e. The lowest BCUT2D eigenvalue weighted by molar-refractivity contribution is -0.127. The highest BCUT2D eigenvalue weighted by Crippen LogP contribution is 2.44. The molecule has 3 amide bonds. The first-order valence-corrected chi connectivity index (χ1v) is 8.54. The summed E-state index contributed by atoms with van der Waals surface area (Å²) >= 11 is 0. The van der Waals surface area contributed by atoms with Crippen molar-refractivity contribution in [1.82, 2.24) is 14.8 Å². The number of carbonyl (C=O) groups is 2. The van der Waals surface area contributed by atoms with Crippen LogP contribution in [0.2, 0.25) is 0 Å². The lowest BCUT2D eigenvalue weighted by atomic mass is 9.89. The number of hydrogen-bond acceptors (Lipinski definition) is 3. The maximum atomic E-state index is 12.8. The number of rotatable bonds is 1. The Labute approximate surface area is 149 Å². The lowest BCUT2D eigenvalue weighted by Crippen LogP contribution is -2.44. The van der Waals surface area contributed by atoms with Crippen molar-refractivity contribution in [3.63, 3.8) is 0 Å². The smallest absolute Gasteiger partial charge is 0.328 e. The summed E-state index contributed by atoms with van der Waals surface area (Å²) in [6, 6.07) is 13.6. The summed E-state index contributed by atoms with van der Waals surface area (Å²) in [6.07, 6.45) is 0.490. The zero-order chi connectivity index (χ0) is 18.0. The molecule has 3 aromatic rings. The highest BCUT2D eigenvalue weighted by atomic mass is 16.3. The van der Waals surface area contributed by atoms with E-state index in [1.165, 1.54) is 11.9 Å². The Morgan fingerprint density at radius 2 is 1.92 bits per heavy atom. The van der Waals surface area contributed by atoms with Crippen molar-refractivity contribution in [3.8, 4) is 5.75 Å². The Morgan fingerprint density at radius 3 is 2.73 bits per heavy atom. The molecule has 0 spiro atoms. The van der Waals surface area contributed by atoms with Gasteiger partial charge in [0.2, 0.25) is 0 Å². The maximum absolute atomic E-state index is 12.8. The number of aromatic hydroxyl groups is 1. The molecule has 0 aliphatic carbocycles. The molecule has 26 heavy (non-hydrogen) atoms. The average Bonchev–Trinajstić information content (AvgIpc) is 3.12. The van der Waals surface area contributed by atoms with E-state index in [9.17, 15) is 14.7 Å². The van der Waals surface area contributed by atoms with Gasteiger partial charge in [-0.25, -0.2) is 4.79 Å². The van der Waals surface area contributed by atoms with E-state index in [1.54, 1.807) is 23.1 Å². The van der Waals surface area contributed by atoms with Gasteiger partial charge in [0.25, 0.3) is 5.91 Å². The van der Waals surface area contributed by atoms with Crippen LogP contribution in [0.3, 0.4) is 0 Å². The van der Waals surface area contributed by atoms with Gasteiger partial charge in [-0.15, -0.1) is 0 Å². The van der Waals surface area contributed by atoms with Crippen LogP contribution in [0, 0.1) is 0 Å². The van der Waals surface area contributed by atoms with E-state index in [0.717, 1.165) is 27.7 Å². The van der Waals surface area contributed by atoms with Crippen LogP contribution in [0.1, 0.15) is 22.9 Å². The topological polar surface area (TPSA) is 76.6 Å². The second-order valence-corrected chi connectivity index (χ2v) is 6.87. The molecule has 2 atom stereocenters. The van der Waals surface area contributed by atoms with Gasteiger partial charge in [-0.2, -0.15) is 0 Å². The number of phenols is 1. The van der Waals surface area contributed by atoms with Crippen molar-refractivity contribution in [1.29, 1.82) is 0 Å². The minimum Gasteiger partial charge on any atom is -0.508 e. The molecule has 1 fully saturated rings. The van der Waals surface area contributed by atoms with E-state index in [-0.39, 0.29) is 17.7 Å². The number of aromatic nitrogens is 1. The predicted octanol–water partition coefficient (Wildman–Crippen LogP) is 2.78. The Kier molecular flexibility index (Phi) is 2.95. The van der Waals surface area contributed by atoms with Crippen LogP contribution >= 0.6 is 0 Å². The van der Waals surface area contributed by atoms with E-state index >= 15 is 0 Å². The third-order valence-corrected chi connectivity index (χ3v) is 5.44. The van der Waals surface area contributed by atoms with Crippen LogP contribution in [0.15, 0.2) is 48.5 Å². The van der Waals surface area contributed by atoms with Crippen LogP contribution < -0.4 is 0 Å². The summed E-state index contributed by atoms with van der Waals surface area (Å²) < 4.78 is 0. The number of hydrogen-bond donors (Lipinski definition) is 2. The molecule has 3 heterocycles. The van der Waals surface area contributed by atoms with Crippen molar-refractivity contribution < 1.29 is 14.7 Å². The SMILES string of the molecule is CN1C(=O)[C@@H]2Cc3c([nH]c4ccccc34)[C@H](c3cccc(O)c3)N2C1=O. The summed E-state index contributed by atoms with van der Waals surface area (Å²) in [5, 5.41) is 11.0. The van der Waals surface area contributed by atoms with Gasteiger partial charge in [-0.05, 0) is 29.3 Å². The molecule has 6 nitrogen and oxygen atoms in total. The van der Waals surface area contributed by atoms with E-state index in [2.05, 4.69) is 4.98 Å². The number of benzene rings is 2. The van der Waals surface area contributed by atoms with Crippen LogP contribution in [0.4, 0.5) is 4.79 Å². The van der Waals surface area contributed by atoms with E-state index in [0.29, 0.717) is 6.42 Å². The minimum absolute atomic E-state index is 0.133. The number of nitrogens with one attached hydrogen (secondary N) is 1. The zero-order valence-electron chi connectivity index (χ0n) is 14.1. The van der Waals surface area contributed by atoms with Crippen molar-refractivity contribution in [2.45, 2.75) is 18.5 Å². The van der Waals surface area contributed by atoms with Gasteiger partial charge in [-0.3, -0.25) is 14.6 Å². The largest absolute Gasteiger partial charge is 0.508 e. The minimum atomic E-state index is -0.522. The second-order valence-electron chi connectivity index (χ2n) is 6.87. The molecule has 2 N–H and O–H groups in total. The van der Waals surface area contributed by atoms with Gasteiger partial charge in [0.15, 0.2) is 0 Å². The number of urea groups is 1. The van der Waals surface area contributed by atoms with E-state index < -0.39 is 12.1 Å². The summed E-state index contributed by atoms with van der Waals surface area (Å²) in [7, 11) is 1.52. The van der Waals surface area contributed by atoms with Crippen LogP contribution in [0.25, 0.3) is 10.9 Å². The van der Waals surface area contributed by atoms with Crippen molar-refractivity contribution in [2.24, 2.45) is 0 Å². The monoisotopic (exact) mass is 347 g/mol. The van der Waals surface area contributed by atoms with Gasteiger partial charge in [0.05, 0.1) is 0 Å². The number of carbonyl (C=O) groups excluding carboxylic acids is 2. The van der Waals surface area contributed by atoms with Crippen LogP contribution in [-0.4, -0.2) is 44.9 Å². The number of fused-ring (bicyclic) bond motifs is 4. The molecule has 1 saturated heterocycles. The Bertz CT molecular complexity index is 1070.